The van der Waals surface area contributed by atoms with Crippen molar-refractivity contribution < 1.29 is 23.4 Å². The van der Waals surface area contributed by atoms with E-state index in [2.05, 4.69) is 10.1 Å². The van der Waals surface area contributed by atoms with Crippen LogP contribution in [0.25, 0.3) is 0 Å². The Hall–Kier alpha value is -1.69. The number of rotatable bonds is 4. The van der Waals surface area contributed by atoms with Gasteiger partial charge in [-0.3, -0.25) is 0 Å². The number of hydrogen-bond donors (Lipinski definition) is 2. The third-order valence-electron chi connectivity index (χ3n) is 2.18. The molecule has 1 unspecified atom stereocenters. The number of nitrogens with one attached hydrogen (secondary N) is 1. The van der Waals surface area contributed by atoms with Gasteiger partial charge in [0.1, 0.15) is 0 Å². The highest BCUT2D eigenvalue weighted by Gasteiger charge is 2.31. The fourth-order valence-electron chi connectivity index (χ4n) is 1.17. The molecule has 0 heterocycles. The summed E-state index contributed by atoms with van der Waals surface area (Å²) in [5.74, 6) is -2.78. The average Bonchev–Trinajstić information content (AvgIpc) is 2.29. The van der Waals surface area contributed by atoms with Gasteiger partial charge in [0.2, 0.25) is 0 Å². The van der Waals surface area contributed by atoms with Gasteiger partial charge in [-0.1, -0.05) is 0 Å². The molecule has 0 fully saturated rings. The SMILES string of the molecule is COC(=O)C(C)(O)CNc1ccc(F)c(F)c1. The summed E-state index contributed by atoms with van der Waals surface area (Å²) in [6, 6.07) is 3.18. The van der Waals surface area contributed by atoms with E-state index in [4.69, 9.17) is 0 Å². The van der Waals surface area contributed by atoms with Crippen LogP contribution in [0.1, 0.15) is 6.92 Å². The van der Waals surface area contributed by atoms with Gasteiger partial charge in [-0.05, 0) is 19.1 Å². The molecular formula is C11H13F2NO3. The summed E-state index contributed by atoms with van der Waals surface area (Å²) >= 11 is 0. The first-order valence-corrected chi connectivity index (χ1v) is 4.86. The van der Waals surface area contributed by atoms with E-state index >= 15 is 0 Å². The molecule has 4 nitrogen and oxygen atoms in total. The molecule has 0 bridgehead atoms. The summed E-state index contributed by atoms with van der Waals surface area (Å²) in [4.78, 5) is 11.1. The van der Waals surface area contributed by atoms with Gasteiger partial charge in [0.25, 0.3) is 0 Å². The highest BCUT2D eigenvalue weighted by molar-refractivity contribution is 5.79. The summed E-state index contributed by atoms with van der Waals surface area (Å²) in [5, 5.41) is 12.3. The van der Waals surface area contributed by atoms with Gasteiger partial charge < -0.3 is 15.2 Å². The number of carbonyl (C=O) groups excluding carboxylic acids is 1. The Kier molecular flexibility index (Phi) is 4.01. The van der Waals surface area contributed by atoms with Crippen molar-refractivity contribution in [2.45, 2.75) is 12.5 Å². The quantitative estimate of drug-likeness (QED) is 0.785. The maximum atomic E-state index is 12.9. The zero-order valence-corrected chi connectivity index (χ0v) is 9.46. The number of benzene rings is 1. The van der Waals surface area contributed by atoms with Crippen LogP contribution in [0.15, 0.2) is 18.2 Å². The summed E-state index contributed by atoms with van der Waals surface area (Å²) in [5.41, 5.74) is -1.48. The maximum absolute atomic E-state index is 12.9. The third-order valence-corrected chi connectivity index (χ3v) is 2.18. The smallest absolute Gasteiger partial charge is 0.339 e. The average molecular weight is 245 g/mol. The number of carbonyl (C=O) groups is 1. The van der Waals surface area contributed by atoms with E-state index in [1.54, 1.807) is 0 Å². The predicted octanol–water partition coefficient (Wildman–Crippen LogP) is 1.30. The highest BCUT2D eigenvalue weighted by atomic mass is 19.2. The molecule has 0 spiro atoms. The molecule has 2 N–H and O–H groups in total. The van der Waals surface area contributed by atoms with Gasteiger partial charge in [-0.15, -0.1) is 0 Å². The van der Waals surface area contributed by atoms with Crippen molar-refractivity contribution in [3.8, 4) is 0 Å². The van der Waals surface area contributed by atoms with Gasteiger partial charge in [0.15, 0.2) is 17.2 Å². The van der Waals surface area contributed by atoms with Crippen molar-refractivity contribution in [1.29, 1.82) is 0 Å². The summed E-state index contributed by atoms with van der Waals surface area (Å²) in [6.07, 6.45) is 0. The molecule has 1 aromatic rings. The second kappa shape index (κ2) is 5.09. The lowest BCUT2D eigenvalue weighted by atomic mass is 10.1. The van der Waals surface area contributed by atoms with Crippen LogP contribution in [0.5, 0.6) is 0 Å². The largest absolute Gasteiger partial charge is 0.467 e. The molecule has 6 heteroatoms. The third kappa shape index (κ3) is 3.39. The van der Waals surface area contributed by atoms with Crippen LogP contribution in [-0.4, -0.2) is 30.3 Å². The van der Waals surface area contributed by atoms with Crippen molar-refractivity contribution in [1.82, 2.24) is 0 Å². The molecule has 1 aromatic carbocycles. The molecule has 0 aromatic heterocycles. The predicted molar refractivity (Wildman–Crippen MR) is 57.5 cm³/mol. The summed E-state index contributed by atoms with van der Waals surface area (Å²) < 4.78 is 29.9. The Balaban J connectivity index is 2.67. The number of halogens is 2. The maximum Gasteiger partial charge on any atom is 0.339 e. The lowest BCUT2D eigenvalue weighted by molar-refractivity contribution is -0.158. The number of esters is 1. The zero-order chi connectivity index (χ0) is 13.1. The van der Waals surface area contributed by atoms with Crippen LogP contribution in [0.4, 0.5) is 14.5 Å². The highest BCUT2D eigenvalue weighted by Crippen LogP contribution is 2.14. The molecule has 0 amide bonds. The van der Waals surface area contributed by atoms with Gasteiger partial charge >= 0.3 is 5.97 Å². The topological polar surface area (TPSA) is 58.6 Å². The van der Waals surface area contributed by atoms with Gasteiger partial charge in [-0.25, -0.2) is 13.6 Å². The minimum atomic E-state index is -1.74. The Morgan fingerprint density at radius 2 is 2.12 bits per heavy atom. The molecule has 1 atom stereocenters. The van der Waals surface area contributed by atoms with Crippen LogP contribution in [0.2, 0.25) is 0 Å². The van der Waals surface area contributed by atoms with E-state index in [1.165, 1.54) is 13.0 Å². The molecular weight excluding hydrogens is 232 g/mol. The van der Waals surface area contributed by atoms with Crippen LogP contribution < -0.4 is 5.32 Å². The lowest BCUT2D eigenvalue weighted by Crippen LogP contribution is -2.42. The first kappa shape index (κ1) is 13.4. The van der Waals surface area contributed by atoms with Crippen molar-refractivity contribution >= 4 is 11.7 Å². The van der Waals surface area contributed by atoms with E-state index in [9.17, 15) is 18.7 Å². The fourth-order valence-corrected chi connectivity index (χ4v) is 1.17. The number of anilines is 1. The Bertz CT molecular complexity index is 421. The molecule has 17 heavy (non-hydrogen) atoms. The molecule has 0 aliphatic rings. The molecule has 0 saturated carbocycles. The summed E-state index contributed by atoms with van der Waals surface area (Å²) in [6.45, 7) is 1.08. The minimum Gasteiger partial charge on any atom is -0.467 e. The molecule has 0 aliphatic carbocycles. The first-order valence-electron chi connectivity index (χ1n) is 4.86. The van der Waals surface area contributed by atoms with E-state index in [0.717, 1.165) is 19.2 Å². The number of methoxy groups -OCH3 is 1. The number of hydrogen-bond acceptors (Lipinski definition) is 4. The molecule has 0 saturated heterocycles. The van der Waals surface area contributed by atoms with Crippen molar-refractivity contribution in [2.24, 2.45) is 0 Å². The van der Waals surface area contributed by atoms with Crippen molar-refractivity contribution in [2.75, 3.05) is 19.0 Å². The van der Waals surface area contributed by atoms with Crippen LogP contribution in [0.3, 0.4) is 0 Å². The fraction of sp³-hybridized carbons (Fsp3) is 0.364. The molecule has 94 valence electrons. The van der Waals surface area contributed by atoms with Gasteiger partial charge in [-0.2, -0.15) is 0 Å². The van der Waals surface area contributed by atoms with Gasteiger partial charge in [0.05, 0.1) is 13.7 Å². The van der Waals surface area contributed by atoms with Crippen LogP contribution >= 0.6 is 0 Å². The Morgan fingerprint density at radius 3 is 2.65 bits per heavy atom. The normalized spacial score (nSPS) is 13.9. The second-order valence-electron chi connectivity index (χ2n) is 3.75. The lowest BCUT2D eigenvalue weighted by Gasteiger charge is -2.21. The molecule has 0 radical (unpaired) electrons. The molecule has 1 rings (SSSR count). The van der Waals surface area contributed by atoms with E-state index in [0.29, 0.717) is 0 Å². The minimum absolute atomic E-state index is 0.176. The standard InChI is InChI=1S/C11H13F2NO3/c1-11(16,10(15)17-2)6-14-7-3-4-8(12)9(13)5-7/h3-5,14,16H,6H2,1-2H3. The Morgan fingerprint density at radius 1 is 1.47 bits per heavy atom. The van der Waals surface area contributed by atoms with Crippen molar-refractivity contribution in [3.63, 3.8) is 0 Å². The number of aliphatic hydroxyl groups is 1. The summed E-state index contributed by atoms with van der Waals surface area (Å²) in [7, 11) is 1.15. The second-order valence-corrected chi connectivity index (χ2v) is 3.75. The number of ether oxygens (including phenoxy) is 1. The van der Waals surface area contributed by atoms with E-state index in [-0.39, 0.29) is 12.2 Å². The van der Waals surface area contributed by atoms with Crippen LogP contribution in [0, 0.1) is 11.6 Å². The Labute approximate surface area is 97.2 Å². The van der Waals surface area contributed by atoms with Crippen LogP contribution in [-0.2, 0) is 9.53 Å². The first-order chi connectivity index (χ1) is 7.86. The van der Waals surface area contributed by atoms with Gasteiger partial charge in [0, 0.05) is 11.8 Å². The molecule has 0 aliphatic heterocycles. The monoisotopic (exact) mass is 245 g/mol. The zero-order valence-electron chi connectivity index (χ0n) is 9.46. The van der Waals surface area contributed by atoms with E-state index in [1.807, 2.05) is 0 Å². The van der Waals surface area contributed by atoms with Crippen molar-refractivity contribution in [3.05, 3.63) is 29.8 Å². The van der Waals surface area contributed by atoms with E-state index < -0.39 is 23.2 Å².